The second kappa shape index (κ2) is 8.89. The van der Waals surface area contributed by atoms with Crippen molar-refractivity contribution in [3.05, 3.63) is 54.6 Å². The molecule has 0 bridgehead atoms. The van der Waals surface area contributed by atoms with E-state index < -0.39 is 10.0 Å². The Kier molecular flexibility index (Phi) is 6.55. The first kappa shape index (κ1) is 19.9. The molecule has 146 valence electrons. The average molecular weight is 387 g/mol. The molecule has 0 spiro atoms. The molecule has 2 N–H and O–H groups in total. The number of sulfonamides is 1. The van der Waals surface area contributed by atoms with Crippen LogP contribution in [0.3, 0.4) is 0 Å². The van der Waals surface area contributed by atoms with Crippen LogP contribution in [-0.2, 0) is 10.0 Å². The van der Waals surface area contributed by atoms with Gasteiger partial charge < -0.3 is 5.32 Å². The molecule has 4 nitrogen and oxygen atoms in total. The summed E-state index contributed by atoms with van der Waals surface area (Å²) < 4.78 is 26.9. The molecule has 1 aliphatic carbocycles. The van der Waals surface area contributed by atoms with E-state index in [-0.39, 0.29) is 11.3 Å². The molecule has 0 atom stereocenters. The minimum absolute atomic E-state index is 0.0961. The highest BCUT2D eigenvalue weighted by molar-refractivity contribution is 7.90. The third-order valence-corrected chi connectivity index (χ3v) is 7.29. The van der Waals surface area contributed by atoms with Crippen LogP contribution in [0.15, 0.2) is 54.6 Å². The Bertz CT molecular complexity index is 809. The van der Waals surface area contributed by atoms with E-state index >= 15 is 0 Å². The van der Waals surface area contributed by atoms with Gasteiger partial charge >= 0.3 is 0 Å². The van der Waals surface area contributed by atoms with E-state index in [1.807, 2.05) is 6.07 Å². The zero-order valence-electron chi connectivity index (χ0n) is 16.2. The quantitative estimate of drug-likeness (QED) is 0.728. The van der Waals surface area contributed by atoms with Gasteiger partial charge in [0.05, 0.1) is 5.25 Å². The van der Waals surface area contributed by atoms with Crippen molar-refractivity contribution in [2.24, 2.45) is 5.92 Å². The van der Waals surface area contributed by atoms with Gasteiger partial charge in [-0.15, -0.1) is 0 Å². The SMILES string of the molecule is CC(C)S(=O)(=O)NC1CCC(CNc2ccc(-c3ccccc3)cc2)CC1. The summed E-state index contributed by atoms with van der Waals surface area (Å²) in [5, 5.41) is 3.17. The van der Waals surface area contributed by atoms with Crippen LogP contribution < -0.4 is 10.0 Å². The van der Waals surface area contributed by atoms with Crippen molar-refractivity contribution in [2.45, 2.75) is 50.8 Å². The molecule has 2 aromatic carbocycles. The van der Waals surface area contributed by atoms with E-state index in [0.717, 1.165) is 37.9 Å². The van der Waals surface area contributed by atoms with Gasteiger partial charge in [0.25, 0.3) is 0 Å². The summed E-state index contributed by atoms with van der Waals surface area (Å²) in [6.07, 6.45) is 3.96. The molecule has 1 saturated carbocycles. The summed E-state index contributed by atoms with van der Waals surface area (Å²) >= 11 is 0. The van der Waals surface area contributed by atoms with Gasteiger partial charge in [0.15, 0.2) is 0 Å². The molecule has 3 rings (SSSR count). The van der Waals surface area contributed by atoms with Gasteiger partial charge in [-0.05, 0) is 68.7 Å². The predicted octanol–water partition coefficient (Wildman–Crippen LogP) is 4.65. The highest BCUT2D eigenvalue weighted by Crippen LogP contribution is 2.26. The highest BCUT2D eigenvalue weighted by Gasteiger charge is 2.26. The molecule has 0 saturated heterocycles. The largest absolute Gasteiger partial charge is 0.385 e. The zero-order chi connectivity index (χ0) is 19.3. The monoisotopic (exact) mass is 386 g/mol. The molecule has 27 heavy (non-hydrogen) atoms. The third kappa shape index (κ3) is 5.56. The van der Waals surface area contributed by atoms with Crippen molar-refractivity contribution in [3.63, 3.8) is 0 Å². The number of anilines is 1. The first-order valence-electron chi connectivity index (χ1n) is 9.84. The summed E-state index contributed by atoms with van der Waals surface area (Å²) in [6.45, 7) is 4.39. The van der Waals surface area contributed by atoms with Crippen molar-refractivity contribution < 1.29 is 8.42 Å². The molecule has 0 unspecified atom stereocenters. The van der Waals surface area contributed by atoms with Crippen LogP contribution in [0.1, 0.15) is 39.5 Å². The molecule has 2 aromatic rings. The van der Waals surface area contributed by atoms with Gasteiger partial charge in [-0.1, -0.05) is 42.5 Å². The van der Waals surface area contributed by atoms with E-state index in [2.05, 4.69) is 58.6 Å². The molecule has 0 aromatic heterocycles. The average Bonchev–Trinajstić information content (AvgIpc) is 2.68. The third-order valence-electron chi connectivity index (χ3n) is 5.39. The van der Waals surface area contributed by atoms with E-state index in [9.17, 15) is 8.42 Å². The maximum atomic E-state index is 12.0. The van der Waals surface area contributed by atoms with E-state index in [1.165, 1.54) is 11.1 Å². The minimum atomic E-state index is -3.16. The first-order valence-corrected chi connectivity index (χ1v) is 11.4. The Hall–Kier alpha value is -1.85. The van der Waals surface area contributed by atoms with Gasteiger partial charge in [-0.25, -0.2) is 13.1 Å². The fraction of sp³-hybridized carbons (Fsp3) is 0.455. The van der Waals surface area contributed by atoms with Crippen LogP contribution in [0.2, 0.25) is 0 Å². The van der Waals surface area contributed by atoms with Crippen molar-refractivity contribution in [1.82, 2.24) is 4.72 Å². The lowest BCUT2D eigenvalue weighted by atomic mass is 9.86. The van der Waals surface area contributed by atoms with Crippen LogP contribution >= 0.6 is 0 Å². The molecule has 5 heteroatoms. The Balaban J connectivity index is 1.45. The fourth-order valence-corrected chi connectivity index (χ4v) is 4.50. The maximum Gasteiger partial charge on any atom is 0.214 e. The number of rotatable bonds is 7. The summed E-state index contributed by atoms with van der Waals surface area (Å²) in [5.41, 5.74) is 3.59. The van der Waals surface area contributed by atoms with Crippen LogP contribution in [-0.4, -0.2) is 26.3 Å². The zero-order valence-corrected chi connectivity index (χ0v) is 17.0. The van der Waals surface area contributed by atoms with E-state index in [4.69, 9.17) is 0 Å². The summed E-state index contributed by atoms with van der Waals surface area (Å²) in [7, 11) is -3.16. The van der Waals surface area contributed by atoms with Crippen molar-refractivity contribution in [1.29, 1.82) is 0 Å². The molecule has 0 aliphatic heterocycles. The Labute approximate surface area is 163 Å². The van der Waals surface area contributed by atoms with Gasteiger partial charge in [0.1, 0.15) is 0 Å². The fourth-order valence-electron chi connectivity index (χ4n) is 3.53. The molecule has 0 radical (unpaired) electrons. The van der Waals surface area contributed by atoms with Crippen LogP contribution in [0.5, 0.6) is 0 Å². The second-order valence-corrected chi connectivity index (χ2v) is 10.0. The lowest BCUT2D eigenvalue weighted by molar-refractivity contribution is 0.323. The van der Waals surface area contributed by atoms with E-state index in [1.54, 1.807) is 13.8 Å². The highest BCUT2D eigenvalue weighted by atomic mass is 32.2. The molecule has 1 aliphatic rings. The van der Waals surface area contributed by atoms with Gasteiger partial charge in [0, 0.05) is 18.3 Å². The lowest BCUT2D eigenvalue weighted by Gasteiger charge is -2.29. The topological polar surface area (TPSA) is 58.2 Å². The normalized spacial score (nSPS) is 20.6. The number of nitrogens with one attached hydrogen (secondary N) is 2. The van der Waals surface area contributed by atoms with Gasteiger partial charge in [0.2, 0.25) is 10.0 Å². The molecular formula is C22H30N2O2S. The molecular weight excluding hydrogens is 356 g/mol. The number of hydrogen-bond acceptors (Lipinski definition) is 3. The molecule has 0 heterocycles. The Morgan fingerprint density at radius 2 is 1.48 bits per heavy atom. The molecule has 1 fully saturated rings. The van der Waals surface area contributed by atoms with E-state index in [0.29, 0.717) is 5.92 Å². The predicted molar refractivity (Wildman–Crippen MR) is 113 cm³/mol. The van der Waals surface area contributed by atoms with Gasteiger partial charge in [-0.3, -0.25) is 0 Å². The van der Waals surface area contributed by atoms with Crippen LogP contribution in [0, 0.1) is 5.92 Å². The lowest BCUT2D eigenvalue weighted by Crippen LogP contribution is -2.41. The Morgan fingerprint density at radius 1 is 0.889 bits per heavy atom. The maximum absolute atomic E-state index is 12.0. The first-order chi connectivity index (χ1) is 12.9. The summed E-state index contributed by atoms with van der Waals surface area (Å²) in [4.78, 5) is 0. The Morgan fingerprint density at radius 3 is 2.07 bits per heavy atom. The van der Waals surface area contributed by atoms with Crippen LogP contribution in [0.4, 0.5) is 5.69 Å². The summed E-state index contributed by atoms with van der Waals surface area (Å²) in [5.74, 6) is 0.596. The smallest absolute Gasteiger partial charge is 0.214 e. The number of hydrogen-bond donors (Lipinski definition) is 2. The van der Waals surface area contributed by atoms with Gasteiger partial charge in [-0.2, -0.15) is 0 Å². The second-order valence-electron chi connectivity index (χ2n) is 7.75. The van der Waals surface area contributed by atoms with Crippen molar-refractivity contribution >= 4 is 15.7 Å². The number of benzene rings is 2. The van der Waals surface area contributed by atoms with Crippen molar-refractivity contribution in [2.75, 3.05) is 11.9 Å². The van der Waals surface area contributed by atoms with Crippen LogP contribution in [0.25, 0.3) is 11.1 Å². The van der Waals surface area contributed by atoms with Crippen molar-refractivity contribution in [3.8, 4) is 11.1 Å². The molecule has 0 amide bonds. The minimum Gasteiger partial charge on any atom is -0.385 e. The summed E-state index contributed by atoms with van der Waals surface area (Å²) in [6, 6.07) is 19.0. The standard InChI is InChI=1S/C22H30N2O2S/c1-17(2)27(25,26)24-22-12-8-18(9-13-22)16-23-21-14-10-20(11-15-21)19-6-4-3-5-7-19/h3-7,10-11,14-15,17-18,22-24H,8-9,12-13,16H2,1-2H3.